The van der Waals surface area contributed by atoms with Gasteiger partial charge in [0.05, 0.1) is 0 Å². The van der Waals surface area contributed by atoms with Crippen molar-refractivity contribution < 1.29 is 4.79 Å². The van der Waals surface area contributed by atoms with Crippen LogP contribution < -0.4 is 5.32 Å². The number of rotatable bonds is 4. The van der Waals surface area contributed by atoms with Gasteiger partial charge in [0.25, 0.3) is 0 Å². The molecule has 1 aliphatic carbocycles. The van der Waals surface area contributed by atoms with E-state index in [9.17, 15) is 4.79 Å². The van der Waals surface area contributed by atoms with Gasteiger partial charge in [-0.15, -0.1) is 0 Å². The van der Waals surface area contributed by atoms with Crippen LogP contribution in [0.15, 0.2) is 0 Å². The van der Waals surface area contributed by atoms with E-state index in [1.54, 1.807) is 0 Å². The third-order valence-corrected chi connectivity index (χ3v) is 5.31. The zero-order chi connectivity index (χ0) is 13.0. The molecular weight excluding hydrogens is 222 g/mol. The third-order valence-electron chi connectivity index (χ3n) is 5.31. The molecule has 2 aliphatic rings. The van der Waals surface area contributed by atoms with Gasteiger partial charge >= 0.3 is 0 Å². The SMILES string of the molecule is CC1CCC(C(=O)CCC2CCNCC2)CC1C. The van der Waals surface area contributed by atoms with Gasteiger partial charge in [-0.25, -0.2) is 0 Å². The van der Waals surface area contributed by atoms with Gasteiger partial charge in [-0.3, -0.25) is 4.79 Å². The van der Waals surface area contributed by atoms with E-state index in [0.717, 1.165) is 56.5 Å². The van der Waals surface area contributed by atoms with Crippen LogP contribution in [0.2, 0.25) is 0 Å². The van der Waals surface area contributed by atoms with Crippen molar-refractivity contribution in [1.82, 2.24) is 5.32 Å². The van der Waals surface area contributed by atoms with Gasteiger partial charge in [-0.2, -0.15) is 0 Å². The second-order valence-electron chi connectivity index (χ2n) is 6.66. The van der Waals surface area contributed by atoms with Crippen LogP contribution in [-0.2, 0) is 4.79 Å². The van der Waals surface area contributed by atoms with E-state index in [4.69, 9.17) is 0 Å². The summed E-state index contributed by atoms with van der Waals surface area (Å²) in [4.78, 5) is 12.3. The lowest BCUT2D eigenvalue weighted by molar-refractivity contribution is -0.125. The lowest BCUT2D eigenvalue weighted by Crippen LogP contribution is -2.29. The number of carbonyl (C=O) groups excluding carboxylic acids is 1. The molecule has 2 fully saturated rings. The average molecular weight is 251 g/mol. The fourth-order valence-electron chi connectivity index (χ4n) is 3.56. The minimum atomic E-state index is 0.387. The maximum atomic E-state index is 12.3. The number of hydrogen-bond acceptors (Lipinski definition) is 2. The minimum Gasteiger partial charge on any atom is -0.317 e. The van der Waals surface area contributed by atoms with E-state index in [1.165, 1.54) is 19.3 Å². The fraction of sp³-hybridized carbons (Fsp3) is 0.938. The van der Waals surface area contributed by atoms with Crippen molar-refractivity contribution in [2.24, 2.45) is 23.7 Å². The third kappa shape index (κ3) is 3.81. The molecule has 3 unspecified atom stereocenters. The standard InChI is InChI=1S/C16H29NO/c1-12-3-5-15(11-13(12)2)16(18)6-4-14-7-9-17-10-8-14/h12-15,17H,3-11H2,1-2H3. The molecule has 1 saturated heterocycles. The van der Waals surface area contributed by atoms with E-state index < -0.39 is 0 Å². The summed E-state index contributed by atoms with van der Waals surface area (Å²) >= 11 is 0. The Kier molecular flexibility index (Phi) is 5.23. The topological polar surface area (TPSA) is 29.1 Å². The molecule has 1 saturated carbocycles. The molecule has 0 aromatic carbocycles. The first-order valence-electron chi connectivity index (χ1n) is 7.90. The van der Waals surface area contributed by atoms with Crippen LogP contribution in [0.5, 0.6) is 0 Å². The average Bonchev–Trinajstić information content (AvgIpc) is 2.40. The van der Waals surface area contributed by atoms with Crippen molar-refractivity contribution in [3.63, 3.8) is 0 Å². The highest BCUT2D eigenvalue weighted by atomic mass is 16.1. The number of carbonyl (C=O) groups is 1. The van der Waals surface area contributed by atoms with Gasteiger partial charge in [0.15, 0.2) is 0 Å². The molecule has 1 heterocycles. The molecule has 104 valence electrons. The lowest BCUT2D eigenvalue weighted by Gasteiger charge is -2.31. The zero-order valence-electron chi connectivity index (χ0n) is 12.1. The Labute approximate surface area is 112 Å². The summed E-state index contributed by atoms with van der Waals surface area (Å²) in [6, 6.07) is 0. The normalized spacial score (nSPS) is 34.4. The number of Topliss-reactive ketones (excluding diaryl/α,β-unsaturated/α-hetero) is 1. The van der Waals surface area contributed by atoms with Crippen molar-refractivity contribution in [1.29, 1.82) is 0 Å². The molecule has 1 aliphatic heterocycles. The van der Waals surface area contributed by atoms with Crippen molar-refractivity contribution in [2.45, 2.75) is 58.8 Å². The lowest BCUT2D eigenvalue weighted by atomic mass is 9.73. The van der Waals surface area contributed by atoms with Crippen molar-refractivity contribution >= 4 is 5.78 Å². The Balaban J connectivity index is 1.70. The van der Waals surface area contributed by atoms with Crippen LogP contribution in [0.4, 0.5) is 0 Å². The van der Waals surface area contributed by atoms with Crippen molar-refractivity contribution in [2.75, 3.05) is 13.1 Å². The summed E-state index contributed by atoms with van der Waals surface area (Å²) < 4.78 is 0. The monoisotopic (exact) mass is 251 g/mol. The highest BCUT2D eigenvalue weighted by molar-refractivity contribution is 5.81. The zero-order valence-corrected chi connectivity index (χ0v) is 12.1. The van der Waals surface area contributed by atoms with Gasteiger partial charge in [0, 0.05) is 12.3 Å². The highest BCUT2D eigenvalue weighted by Gasteiger charge is 2.29. The molecule has 0 radical (unpaired) electrons. The summed E-state index contributed by atoms with van der Waals surface area (Å²) in [5.41, 5.74) is 0. The molecule has 1 N–H and O–H groups in total. The van der Waals surface area contributed by atoms with Crippen LogP contribution in [0.25, 0.3) is 0 Å². The molecule has 0 aromatic heterocycles. The van der Waals surface area contributed by atoms with Crippen LogP contribution in [0.1, 0.15) is 58.8 Å². The summed E-state index contributed by atoms with van der Waals surface area (Å²) in [6.45, 7) is 6.95. The largest absolute Gasteiger partial charge is 0.317 e. The van der Waals surface area contributed by atoms with Crippen molar-refractivity contribution in [3.05, 3.63) is 0 Å². The maximum Gasteiger partial charge on any atom is 0.135 e. The van der Waals surface area contributed by atoms with E-state index in [1.807, 2.05) is 0 Å². The van der Waals surface area contributed by atoms with Crippen LogP contribution in [0, 0.1) is 23.7 Å². The smallest absolute Gasteiger partial charge is 0.135 e. The first kappa shape index (κ1) is 14.0. The maximum absolute atomic E-state index is 12.3. The Bertz CT molecular complexity index is 270. The highest BCUT2D eigenvalue weighted by Crippen LogP contribution is 2.34. The second-order valence-corrected chi connectivity index (χ2v) is 6.66. The second kappa shape index (κ2) is 6.70. The van der Waals surface area contributed by atoms with Gasteiger partial charge < -0.3 is 5.32 Å². The van der Waals surface area contributed by atoms with Crippen LogP contribution in [0.3, 0.4) is 0 Å². The first-order valence-corrected chi connectivity index (χ1v) is 7.90. The first-order chi connectivity index (χ1) is 8.66. The number of piperidine rings is 1. The molecule has 18 heavy (non-hydrogen) atoms. The van der Waals surface area contributed by atoms with E-state index in [0.29, 0.717) is 11.7 Å². The summed E-state index contributed by atoms with van der Waals surface area (Å²) in [5, 5.41) is 3.39. The Morgan fingerprint density at radius 3 is 2.44 bits per heavy atom. The number of nitrogens with one attached hydrogen (secondary N) is 1. The van der Waals surface area contributed by atoms with E-state index in [-0.39, 0.29) is 0 Å². The van der Waals surface area contributed by atoms with E-state index >= 15 is 0 Å². The predicted octanol–water partition coefficient (Wildman–Crippen LogP) is 3.41. The van der Waals surface area contributed by atoms with Gasteiger partial charge in [-0.05, 0) is 69.4 Å². The molecule has 0 amide bonds. The number of ketones is 1. The summed E-state index contributed by atoms with van der Waals surface area (Å²) in [7, 11) is 0. The van der Waals surface area contributed by atoms with Crippen LogP contribution in [-0.4, -0.2) is 18.9 Å². The number of hydrogen-bond donors (Lipinski definition) is 1. The van der Waals surface area contributed by atoms with Crippen LogP contribution >= 0.6 is 0 Å². The molecular formula is C16H29NO. The van der Waals surface area contributed by atoms with Gasteiger partial charge in [0.1, 0.15) is 5.78 Å². The minimum absolute atomic E-state index is 0.387. The summed E-state index contributed by atoms with van der Waals surface area (Å²) in [6.07, 6.45) is 8.07. The Morgan fingerprint density at radius 1 is 1.06 bits per heavy atom. The van der Waals surface area contributed by atoms with Crippen molar-refractivity contribution in [3.8, 4) is 0 Å². The molecule has 0 bridgehead atoms. The Morgan fingerprint density at radius 2 is 1.78 bits per heavy atom. The van der Waals surface area contributed by atoms with Gasteiger partial charge in [0.2, 0.25) is 0 Å². The molecule has 3 atom stereocenters. The molecule has 2 heteroatoms. The quantitative estimate of drug-likeness (QED) is 0.829. The van der Waals surface area contributed by atoms with E-state index in [2.05, 4.69) is 19.2 Å². The molecule has 2 nitrogen and oxygen atoms in total. The fourth-order valence-corrected chi connectivity index (χ4v) is 3.56. The van der Waals surface area contributed by atoms with Gasteiger partial charge in [-0.1, -0.05) is 13.8 Å². The summed E-state index contributed by atoms with van der Waals surface area (Å²) in [5.74, 6) is 3.31. The molecule has 2 rings (SSSR count). The molecule has 0 spiro atoms. The Hall–Kier alpha value is -0.370. The predicted molar refractivity (Wildman–Crippen MR) is 75.5 cm³/mol. The molecule has 0 aromatic rings.